The van der Waals surface area contributed by atoms with E-state index in [9.17, 15) is 19.2 Å². The number of nitrogens with one attached hydrogen (secondary N) is 4. The third-order valence-electron chi connectivity index (χ3n) is 4.12. The van der Waals surface area contributed by atoms with Gasteiger partial charge < -0.3 is 9.97 Å². The fourth-order valence-corrected chi connectivity index (χ4v) is 2.89. The molecule has 0 aliphatic heterocycles. The lowest BCUT2D eigenvalue weighted by Gasteiger charge is -2.09. The highest BCUT2D eigenvalue weighted by Crippen LogP contribution is 2.15. The van der Waals surface area contributed by atoms with Crippen molar-refractivity contribution in [2.24, 2.45) is 0 Å². The van der Waals surface area contributed by atoms with E-state index < -0.39 is 22.7 Å². The lowest BCUT2D eigenvalue weighted by atomic mass is 10.2. The van der Waals surface area contributed by atoms with Crippen molar-refractivity contribution in [3.63, 3.8) is 0 Å². The molecule has 0 fully saturated rings. The lowest BCUT2D eigenvalue weighted by Crippen LogP contribution is -2.39. The average molecular weight is 414 g/mol. The van der Waals surface area contributed by atoms with Crippen LogP contribution >= 0.6 is 11.6 Å². The number of hydrogen-bond donors (Lipinski definition) is 4. The molecule has 0 spiro atoms. The van der Waals surface area contributed by atoms with Crippen molar-refractivity contribution >= 4 is 34.6 Å². The SMILES string of the molecule is O=C(Nc1nc2nc[nH]c2c(=O)[nH]1)c1c[nH]c(=O)n(Cc2ccccc2Cl)c1=O. The van der Waals surface area contributed by atoms with E-state index in [2.05, 4.69) is 30.2 Å². The molecule has 0 unspecified atom stereocenters. The van der Waals surface area contributed by atoms with Gasteiger partial charge in [0.25, 0.3) is 17.0 Å². The van der Waals surface area contributed by atoms with Crippen LogP contribution in [0, 0.1) is 0 Å². The van der Waals surface area contributed by atoms with E-state index in [1.807, 2.05) is 0 Å². The summed E-state index contributed by atoms with van der Waals surface area (Å²) in [6.07, 6.45) is 2.28. The van der Waals surface area contributed by atoms with Gasteiger partial charge >= 0.3 is 5.69 Å². The zero-order chi connectivity index (χ0) is 20.5. The van der Waals surface area contributed by atoms with Crippen molar-refractivity contribution in [2.75, 3.05) is 5.32 Å². The first-order valence-corrected chi connectivity index (χ1v) is 8.62. The van der Waals surface area contributed by atoms with Crippen LogP contribution in [0.25, 0.3) is 11.2 Å². The molecule has 3 aromatic heterocycles. The lowest BCUT2D eigenvalue weighted by molar-refractivity contribution is 0.102. The Labute approximate surface area is 165 Å². The molecule has 0 bridgehead atoms. The zero-order valence-corrected chi connectivity index (χ0v) is 15.3. The molecular formula is C17H12ClN7O4. The van der Waals surface area contributed by atoms with Gasteiger partial charge in [0.05, 0.1) is 12.9 Å². The van der Waals surface area contributed by atoms with Crippen molar-refractivity contribution in [1.29, 1.82) is 0 Å². The van der Waals surface area contributed by atoms with Gasteiger partial charge in [0.15, 0.2) is 11.2 Å². The second kappa shape index (κ2) is 7.20. The number of aromatic nitrogens is 6. The van der Waals surface area contributed by atoms with Crippen LogP contribution in [-0.2, 0) is 6.54 Å². The van der Waals surface area contributed by atoms with E-state index in [-0.39, 0.29) is 29.2 Å². The van der Waals surface area contributed by atoms with Gasteiger partial charge in [-0.15, -0.1) is 0 Å². The standard InChI is InChI=1S/C17H12ClN7O4/c18-10-4-2-1-3-8(10)6-25-15(28)9(5-19-17(25)29)13(26)23-16-22-12-11(14(27)24-16)20-7-21-12/h1-5,7H,6H2,(H,19,29)(H3,20,21,22,23,24,26,27). The van der Waals surface area contributed by atoms with Crippen LogP contribution in [0.15, 0.2) is 51.2 Å². The Hall–Kier alpha value is -3.99. The molecule has 1 aromatic carbocycles. The van der Waals surface area contributed by atoms with Crippen LogP contribution in [0.1, 0.15) is 15.9 Å². The largest absolute Gasteiger partial charge is 0.339 e. The Bertz CT molecular complexity index is 1420. The van der Waals surface area contributed by atoms with Gasteiger partial charge in [-0.2, -0.15) is 4.98 Å². The summed E-state index contributed by atoms with van der Waals surface area (Å²) in [7, 11) is 0. The van der Waals surface area contributed by atoms with E-state index in [1.54, 1.807) is 24.3 Å². The third kappa shape index (κ3) is 3.46. The first-order chi connectivity index (χ1) is 13.9. The number of halogens is 1. The normalized spacial score (nSPS) is 10.9. The van der Waals surface area contributed by atoms with Crippen LogP contribution in [0.3, 0.4) is 0 Å². The van der Waals surface area contributed by atoms with Gasteiger partial charge in [-0.05, 0) is 11.6 Å². The summed E-state index contributed by atoms with van der Waals surface area (Å²) in [6, 6.07) is 6.71. The number of fused-ring (bicyclic) bond motifs is 1. The molecule has 12 heteroatoms. The van der Waals surface area contributed by atoms with Gasteiger partial charge in [-0.1, -0.05) is 29.8 Å². The highest BCUT2D eigenvalue weighted by molar-refractivity contribution is 6.31. The molecule has 4 aromatic rings. The minimum atomic E-state index is -0.864. The molecule has 29 heavy (non-hydrogen) atoms. The molecule has 0 aliphatic rings. The second-order valence-electron chi connectivity index (χ2n) is 5.96. The number of hydrogen-bond acceptors (Lipinski definition) is 6. The molecule has 0 saturated carbocycles. The molecule has 0 saturated heterocycles. The first-order valence-electron chi connectivity index (χ1n) is 8.24. The topological polar surface area (TPSA) is 158 Å². The van der Waals surface area contributed by atoms with Gasteiger partial charge in [0.2, 0.25) is 5.95 Å². The van der Waals surface area contributed by atoms with E-state index in [0.717, 1.165) is 10.8 Å². The van der Waals surface area contributed by atoms with E-state index in [1.165, 1.54) is 6.33 Å². The quantitative estimate of drug-likeness (QED) is 0.380. The number of H-pyrrole nitrogens is 3. The number of benzene rings is 1. The molecule has 11 nitrogen and oxygen atoms in total. The number of rotatable bonds is 4. The van der Waals surface area contributed by atoms with Crippen LogP contribution in [0.2, 0.25) is 5.02 Å². The van der Waals surface area contributed by atoms with Crippen molar-refractivity contribution in [1.82, 2.24) is 29.5 Å². The van der Waals surface area contributed by atoms with Gasteiger partial charge in [0.1, 0.15) is 5.56 Å². The van der Waals surface area contributed by atoms with Crippen molar-refractivity contribution < 1.29 is 4.79 Å². The Kier molecular flexibility index (Phi) is 4.56. The van der Waals surface area contributed by atoms with E-state index in [0.29, 0.717) is 10.6 Å². The highest BCUT2D eigenvalue weighted by Gasteiger charge is 2.17. The number of nitrogens with zero attached hydrogens (tertiary/aromatic N) is 3. The molecule has 4 rings (SSSR count). The summed E-state index contributed by atoms with van der Waals surface area (Å²) in [5.41, 5.74) is -1.63. The fraction of sp³-hybridized carbons (Fsp3) is 0.0588. The van der Waals surface area contributed by atoms with Crippen LogP contribution < -0.4 is 22.1 Å². The molecular weight excluding hydrogens is 402 g/mol. The van der Waals surface area contributed by atoms with E-state index >= 15 is 0 Å². The number of amides is 1. The monoisotopic (exact) mass is 413 g/mol. The Morgan fingerprint density at radius 3 is 2.76 bits per heavy atom. The predicted molar refractivity (Wildman–Crippen MR) is 104 cm³/mol. The van der Waals surface area contributed by atoms with Gasteiger partial charge in [-0.3, -0.25) is 29.3 Å². The number of carbonyl (C=O) groups excluding carboxylic acids is 1. The molecule has 3 heterocycles. The smallest absolute Gasteiger partial charge is 0.328 e. The molecule has 146 valence electrons. The highest BCUT2D eigenvalue weighted by atomic mass is 35.5. The summed E-state index contributed by atoms with van der Waals surface area (Å²) < 4.78 is 0.850. The van der Waals surface area contributed by atoms with Crippen molar-refractivity contribution in [3.8, 4) is 0 Å². The molecule has 0 atom stereocenters. The summed E-state index contributed by atoms with van der Waals surface area (Å²) in [5.74, 6) is -1.06. The third-order valence-corrected chi connectivity index (χ3v) is 4.49. The minimum absolute atomic E-state index is 0.0987. The maximum atomic E-state index is 12.7. The number of anilines is 1. The van der Waals surface area contributed by atoms with Crippen molar-refractivity contribution in [3.05, 3.63) is 84.1 Å². The Balaban J connectivity index is 1.68. The predicted octanol–water partition coefficient (Wildman–Crippen LogP) is 0.450. The molecule has 4 N–H and O–H groups in total. The Morgan fingerprint density at radius 1 is 1.17 bits per heavy atom. The van der Waals surface area contributed by atoms with Gasteiger partial charge in [0, 0.05) is 11.2 Å². The maximum Gasteiger partial charge on any atom is 0.328 e. The summed E-state index contributed by atoms with van der Waals surface area (Å²) in [4.78, 5) is 64.5. The fourth-order valence-electron chi connectivity index (χ4n) is 2.69. The average Bonchev–Trinajstić information content (AvgIpc) is 3.15. The van der Waals surface area contributed by atoms with Crippen molar-refractivity contribution in [2.45, 2.75) is 6.54 Å². The summed E-state index contributed by atoms with van der Waals surface area (Å²) in [6.45, 7) is -0.122. The van der Waals surface area contributed by atoms with Crippen LogP contribution in [0.5, 0.6) is 0 Å². The summed E-state index contributed by atoms with van der Waals surface area (Å²) in [5, 5.41) is 2.70. The molecule has 0 radical (unpaired) electrons. The number of aromatic amines is 3. The Morgan fingerprint density at radius 2 is 1.97 bits per heavy atom. The van der Waals surface area contributed by atoms with Crippen LogP contribution in [-0.4, -0.2) is 35.4 Å². The minimum Gasteiger partial charge on any atom is -0.339 e. The molecule has 0 aliphatic carbocycles. The number of imidazole rings is 1. The summed E-state index contributed by atoms with van der Waals surface area (Å²) >= 11 is 6.08. The van der Waals surface area contributed by atoms with Crippen LogP contribution in [0.4, 0.5) is 5.95 Å². The molecule has 1 amide bonds. The van der Waals surface area contributed by atoms with E-state index in [4.69, 9.17) is 11.6 Å². The first kappa shape index (κ1) is 18.4. The zero-order valence-electron chi connectivity index (χ0n) is 14.5. The van der Waals surface area contributed by atoms with Gasteiger partial charge in [-0.25, -0.2) is 9.78 Å². The second-order valence-corrected chi connectivity index (χ2v) is 6.37. The number of carbonyl (C=O) groups is 1. The maximum absolute atomic E-state index is 12.7.